The second kappa shape index (κ2) is 14.0. The van der Waals surface area contributed by atoms with Crippen LogP contribution in [0.15, 0.2) is 224 Å². The van der Waals surface area contributed by atoms with Crippen molar-refractivity contribution in [3.05, 3.63) is 224 Å². The van der Waals surface area contributed by atoms with Gasteiger partial charge >= 0.3 is 0 Å². The van der Waals surface area contributed by atoms with Gasteiger partial charge < -0.3 is 4.90 Å². The second-order valence-corrected chi connectivity index (χ2v) is 14.2. The van der Waals surface area contributed by atoms with E-state index in [2.05, 4.69) is 229 Å². The average Bonchev–Trinajstić information content (AvgIpc) is 3.27. The molecule has 0 amide bonds. The lowest BCUT2D eigenvalue weighted by atomic mass is 9.92. The molecule has 0 aliphatic rings. The van der Waals surface area contributed by atoms with Crippen molar-refractivity contribution in [2.45, 2.75) is 0 Å². The molecular weight excluding hydrogens is 663 g/mol. The van der Waals surface area contributed by atoms with E-state index in [0.29, 0.717) is 0 Å². The molecule has 0 aliphatic heterocycles. The Balaban J connectivity index is 1.02. The highest BCUT2D eigenvalue weighted by molar-refractivity contribution is 6.14. The Bertz CT molecular complexity index is 2860. The highest BCUT2D eigenvalue weighted by Crippen LogP contribution is 2.40. The highest BCUT2D eigenvalue weighted by Gasteiger charge is 2.15. The Hall–Kier alpha value is -7.22. The second-order valence-electron chi connectivity index (χ2n) is 14.2. The van der Waals surface area contributed by atoms with Gasteiger partial charge in [0, 0.05) is 17.1 Å². The number of hydrogen-bond donors (Lipinski definition) is 0. The van der Waals surface area contributed by atoms with Crippen LogP contribution < -0.4 is 4.90 Å². The Morgan fingerprint density at radius 3 is 1.31 bits per heavy atom. The summed E-state index contributed by atoms with van der Waals surface area (Å²) in [6, 6.07) is 81.4. The molecule has 0 radical (unpaired) electrons. The number of benzene rings is 10. The normalized spacial score (nSPS) is 11.3. The lowest BCUT2D eigenvalue weighted by molar-refractivity contribution is 1.28. The average molecular weight is 700 g/mol. The molecule has 0 aliphatic carbocycles. The van der Waals surface area contributed by atoms with Gasteiger partial charge in [0.15, 0.2) is 0 Å². The van der Waals surface area contributed by atoms with Gasteiger partial charge in [-0.2, -0.15) is 0 Å². The first-order valence-electron chi connectivity index (χ1n) is 18.9. The number of hydrogen-bond acceptors (Lipinski definition) is 1. The number of anilines is 3. The van der Waals surface area contributed by atoms with E-state index in [9.17, 15) is 0 Å². The van der Waals surface area contributed by atoms with Crippen molar-refractivity contribution in [3.8, 4) is 44.5 Å². The van der Waals surface area contributed by atoms with Crippen LogP contribution in [0.2, 0.25) is 0 Å². The third-order valence-corrected chi connectivity index (χ3v) is 10.8. The Kier molecular flexibility index (Phi) is 8.24. The molecule has 10 aromatic rings. The molecule has 1 heteroatoms. The van der Waals surface area contributed by atoms with Gasteiger partial charge in [0.05, 0.1) is 0 Å². The van der Waals surface area contributed by atoms with E-state index in [1.165, 1.54) is 76.8 Å². The largest absolute Gasteiger partial charge is 0.310 e. The van der Waals surface area contributed by atoms with Crippen LogP contribution in [0, 0.1) is 0 Å². The molecular formula is C54H37N. The lowest BCUT2D eigenvalue weighted by Gasteiger charge is -2.26. The van der Waals surface area contributed by atoms with E-state index < -0.39 is 0 Å². The van der Waals surface area contributed by atoms with Crippen LogP contribution in [0.4, 0.5) is 17.1 Å². The Morgan fingerprint density at radius 1 is 0.218 bits per heavy atom. The summed E-state index contributed by atoms with van der Waals surface area (Å²) in [5.41, 5.74) is 13.0. The quantitative estimate of drug-likeness (QED) is 0.150. The summed E-state index contributed by atoms with van der Waals surface area (Å²) in [6.45, 7) is 0. The van der Waals surface area contributed by atoms with Crippen molar-refractivity contribution < 1.29 is 0 Å². The van der Waals surface area contributed by atoms with Crippen molar-refractivity contribution in [2.75, 3.05) is 4.90 Å². The maximum absolute atomic E-state index is 2.36. The summed E-state index contributed by atoms with van der Waals surface area (Å²) in [5.74, 6) is 0. The molecule has 0 atom stereocenters. The van der Waals surface area contributed by atoms with Gasteiger partial charge in [-0.05, 0) is 131 Å². The van der Waals surface area contributed by atoms with Gasteiger partial charge in [-0.3, -0.25) is 0 Å². The first kappa shape index (κ1) is 32.4. The predicted molar refractivity (Wildman–Crippen MR) is 235 cm³/mol. The van der Waals surface area contributed by atoms with Crippen molar-refractivity contribution >= 4 is 49.4 Å². The molecule has 10 rings (SSSR count). The lowest BCUT2D eigenvalue weighted by Crippen LogP contribution is -2.10. The van der Waals surface area contributed by atoms with E-state index in [4.69, 9.17) is 0 Å². The van der Waals surface area contributed by atoms with E-state index >= 15 is 0 Å². The molecule has 0 heterocycles. The van der Waals surface area contributed by atoms with Crippen molar-refractivity contribution in [2.24, 2.45) is 0 Å². The Morgan fingerprint density at radius 2 is 0.673 bits per heavy atom. The Labute approximate surface area is 322 Å². The summed E-state index contributed by atoms with van der Waals surface area (Å²) in [4.78, 5) is 2.36. The summed E-state index contributed by atoms with van der Waals surface area (Å²) in [6.07, 6.45) is 0. The van der Waals surface area contributed by atoms with E-state index in [-0.39, 0.29) is 0 Å². The molecule has 0 fully saturated rings. The molecule has 0 aromatic heterocycles. The maximum atomic E-state index is 2.36. The molecule has 1 nitrogen and oxygen atoms in total. The highest BCUT2D eigenvalue weighted by atomic mass is 15.1. The molecule has 0 spiro atoms. The third-order valence-electron chi connectivity index (χ3n) is 10.8. The van der Waals surface area contributed by atoms with Crippen LogP contribution in [0.25, 0.3) is 76.8 Å². The van der Waals surface area contributed by atoms with Crippen LogP contribution in [0.1, 0.15) is 0 Å². The van der Waals surface area contributed by atoms with Gasteiger partial charge in [0.1, 0.15) is 0 Å². The number of fused-ring (bicyclic) bond motifs is 4. The first-order valence-corrected chi connectivity index (χ1v) is 18.9. The van der Waals surface area contributed by atoms with Crippen LogP contribution in [-0.2, 0) is 0 Å². The SMILES string of the molecule is c1ccc(-c2ccc(N(c3ccc(-c4ccccc4)cc3)c3cccc(-c4ccc5cc(-c6cc7ccccc7c7ccccc67)ccc5c4)c3)cc2)cc1. The predicted octanol–water partition coefficient (Wildman–Crippen LogP) is 15.3. The van der Waals surface area contributed by atoms with Crippen molar-refractivity contribution in [3.63, 3.8) is 0 Å². The number of rotatable bonds is 7. The summed E-state index contributed by atoms with van der Waals surface area (Å²) >= 11 is 0. The maximum Gasteiger partial charge on any atom is 0.0467 e. The van der Waals surface area contributed by atoms with Gasteiger partial charge in [0.2, 0.25) is 0 Å². The van der Waals surface area contributed by atoms with Crippen LogP contribution in [-0.4, -0.2) is 0 Å². The van der Waals surface area contributed by atoms with E-state index in [0.717, 1.165) is 17.1 Å². The van der Waals surface area contributed by atoms with E-state index in [1.807, 2.05) is 0 Å². The molecule has 0 bridgehead atoms. The molecule has 10 aromatic carbocycles. The third kappa shape index (κ3) is 6.22. The summed E-state index contributed by atoms with van der Waals surface area (Å²) in [7, 11) is 0. The molecule has 258 valence electrons. The minimum atomic E-state index is 1.11. The first-order chi connectivity index (χ1) is 27.2. The minimum Gasteiger partial charge on any atom is -0.310 e. The fraction of sp³-hybridized carbons (Fsp3) is 0. The van der Waals surface area contributed by atoms with Crippen LogP contribution in [0.3, 0.4) is 0 Å². The monoisotopic (exact) mass is 699 g/mol. The van der Waals surface area contributed by atoms with E-state index in [1.54, 1.807) is 0 Å². The topological polar surface area (TPSA) is 3.24 Å². The fourth-order valence-electron chi connectivity index (χ4n) is 8.02. The molecule has 0 saturated heterocycles. The van der Waals surface area contributed by atoms with Gasteiger partial charge in [-0.25, -0.2) is 0 Å². The smallest absolute Gasteiger partial charge is 0.0467 e. The fourth-order valence-corrected chi connectivity index (χ4v) is 8.02. The van der Waals surface area contributed by atoms with Crippen molar-refractivity contribution in [1.29, 1.82) is 0 Å². The molecule has 0 N–H and O–H groups in total. The summed E-state index contributed by atoms with van der Waals surface area (Å²) < 4.78 is 0. The molecule has 0 unspecified atom stereocenters. The molecule has 0 saturated carbocycles. The molecule has 55 heavy (non-hydrogen) atoms. The van der Waals surface area contributed by atoms with Crippen molar-refractivity contribution in [1.82, 2.24) is 0 Å². The minimum absolute atomic E-state index is 1.11. The van der Waals surface area contributed by atoms with Gasteiger partial charge in [-0.15, -0.1) is 0 Å². The summed E-state index contributed by atoms with van der Waals surface area (Å²) in [5, 5.41) is 7.58. The zero-order chi connectivity index (χ0) is 36.6. The van der Waals surface area contributed by atoms with Crippen LogP contribution >= 0.6 is 0 Å². The van der Waals surface area contributed by atoms with Gasteiger partial charge in [-0.1, -0.05) is 170 Å². The van der Waals surface area contributed by atoms with Crippen LogP contribution in [0.5, 0.6) is 0 Å². The zero-order valence-electron chi connectivity index (χ0n) is 30.3. The van der Waals surface area contributed by atoms with Gasteiger partial charge in [0.25, 0.3) is 0 Å². The standard InChI is InChI=1S/C54H37N/c1-3-12-38(13-4-1)40-26-30-48(31-27-40)55(49-32-28-41(29-33-49)39-14-5-2-6-15-39)50-18-11-17-42(36-50)43-22-23-45-35-47(25-24-44(45)34-43)54-37-46-16-7-8-19-51(46)52-20-9-10-21-53(52)54/h1-37H. The zero-order valence-corrected chi connectivity index (χ0v) is 30.3. The number of nitrogens with zero attached hydrogens (tertiary/aromatic N) is 1.